The summed E-state index contributed by atoms with van der Waals surface area (Å²) in [6.45, 7) is 5.90. The van der Waals surface area contributed by atoms with E-state index in [1.54, 1.807) is 0 Å². The van der Waals surface area contributed by atoms with Gasteiger partial charge in [0.2, 0.25) is 0 Å². The lowest BCUT2D eigenvalue weighted by molar-refractivity contribution is 0.161. The predicted octanol–water partition coefficient (Wildman–Crippen LogP) is 14.0. The Morgan fingerprint density at radius 1 is 0.500 bits per heavy atom. The first-order valence-corrected chi connectivity index (χ1v) is 21.2. The van der Waals surface area contributed by atoms with Gasteiger partial charge in [-0.3, -0.25) is 0 Å². The maximum atomic E-state index is 6.97. The molecular weight excluding hydrogens is 665 g/mol. The fourth-order valence-electron chi connectivity index (χ4n) is 7.68. The highest BCUT2D eigenvalue weighted by atomic mass is 16.5. The Balaban J connectivity index is 1.19. The van der Waals surface area contributed by atoms with E-state index in [1.165, 1.54) is 103 Å². The lowest BCUT2D eigenvalue weighted by Gasteiger charge is -2.36. The zero-order valence-corrected chi connectivity index (χ0v) is 33.0. The first-order valence-electron chi connectivity index (χ1n) is 21.2. The number of rotatable bonds is 24. The minimum Gasteiger partial charge on any atom is -0.490 e. The van der Waals surface area contributed by atoms with Crippen molar-refractivity contribution >= 4 is 28.1 Å². The molecule has 0 aliphatic carbocycles. The van der Waals surface area contributed by atoms with Gasteiger partial charge in [-0.2, -0.15) is 0 Å². The fraction of sp³-hybridized carbons (Fsp3) is 0.469. The van der Waals surface area contributed by atoms with E-state index < -0.39 is 5.60 Å². The number of aromatic nitrogens is 2. The van der Waals surface area contributed by atoms with Gasteiger partial charge in [0.1, 0.15) is 11.3 Å². The molecule has 1 aromatic heterocycles. The van der Waals surface area contributed by atoms with Crippen LogP contribution in [0.15, 0.2) is 91.0 Å². The van der Waals surface area contributed by atoms with Gasteiger partial charge in [-0.05, 0) is 37.1 Å². The molecule has 0 saturated carbocycles. The van der Waals surface area contributed by atoms with Crippen LogP contribution in [0.25, 0.3) is 28.1 Å². The smallest absolute Gasteiger partial charge is 0.178 e. The molecule has 0 saturated heterocycles. The molecule has 1 aliphatic heterocycles. The van der Waals surface area contributed by atoms with E-state index in [0.29, 0.717) is 13.2 Å². The van der Waals surface area contributed by atoms with Crippen LogP contribution in [0, 0.1) is 0 Å². The summed E-state index contributed by atoms with van der Waals surface area (Å²) in [5.41, 5.74) is 5.59. The minimum atomic E-state index is -0.746. The second-order valence-corrected chi connectivity index (χ2v) is 15.1. The van der Waals surface area contributed by atoms with Gasteiger partial charge in [-0.25, -0.2) is 9.97 Å². The van der Waals surface area contributed by atoms with Crippen LogP contribution in [0.3, 0.4) is 0 Å². The Hall–Kier alpha value is -4.38. The van der Waals surface area contributed by atoms with E-state index in [-0.39, 0.29) is 0 Å². The lowest BCUT2D eigenvalue weighted by Crippen LogP contribution is -2.34. The average Bonchev–Trinajstić information content (AvgIpc) is 3.22. The van der Waals surface area contributed by atoms with Crippen molar-refractivity contribution in [1.29, 1.82) is 0 Å². The fourth-order valence-corrected chi connectivity index (χ4v) is 7.68. The maximum Gasteiger partial charge on any atom is 0.178 e. The highest BCUT2D eigenvalue weighted by Crippen LogP contribution is 2.44. The largest absolute Gasteiger partial charge is 0.490 e. The van der Waals surface area contributed by atoms with Crippen LogP contribution in [0.4, 0.5) is 0 Å². The van der Waals surface area contributed by atoms with Crippen molar-refractivity contribution in [2.24, 2.45) is 0 Å². The van der Waals surface area contributed by atoms with Crippen LogP contribution < -0.4 is 14.2 Å². The molecule has 1 aliphatic rings. The van der Waals surface area contributed by atoms with Gasteiger partial charge in [-0.15, -0.1) is 0 Å². The molecule has 286 valence electrons. The summed E-state index contributed by atoms with van der Waals surface area (Å²) >= 11 is 0. The molecule has 0 spiro atoms. The minimum absolute atomic E-state index is 0.670. The van der Waals surface area contributed by atoms with E-state index in [9.17, 15) is 0 Å². The van der Waals surface area contributed by atoms with Crippen LogP contribution in [0.1, 0.15) is 146 Å². The molecule has 5 heteroatoms. The quantitative estimate of drug-likeness (QED) is 0.0468. The number of unbranched alkanes of at least 4 members (excludes halogenated alkanes) is 16. The number of hydrogen-bond donors (Lipinski definition) is 0. The Morgan fingerprint density at radius 2 is 0.963 bits per heavy atom. The van der Waals surface area contributed by atoms with Gasteiger partial charge in [0.25, 0.3) is 0 Å². The number of hydrogen-bond acceptors (Lipinski definition) is 5. The van der Waals surface area contributed by atoms with Gasteiger partial charge >= 0.3 is 0 Å². The maximum absolute atomic E-state index is 6.97. The Morgan fingerprint density at radius 3 is 1.46 bits per heavy atom. The van der Waals surface area contributed by atoms with Crippen LogP contribution in [-0.2, 0) is 5.60 Å². The predicted molar refractivity (Wildman–Crippen MR) is 226 cm³/mol. The van der Waals surface area contributed by atoms with E-state index in [0.717, 1.165) is 68.8 Å². The first-order chi connectivity index (χ1) is 26.7. The van der Waals surface area contributed by atoms with Gasteiger partial charge in [0, 0.05) is 28.8 Å². The molecule has 4 aromatic carbocycles. The normalized spacial score (nSPS) is 13.2. The summed E-state index contributed by atoms with van der Waals surface area (Å²) in [4.78, 5) is 10.3. The van der Waals surface area contributed by atoms with E-state index in [4.69, 9.17) is 24.2 Å². The number of nitrogens with zero attached hydrogens (tertiary/aromatic N) is 2. The van der Waals surface area contributed by atoms with Crippen LogP contribution >= 0.6 is 0 Å². The molecule has 0 atom stereocenters. The average molecular weight is 727 g/mol. The van der Waals surface area contributed by atoms with Crippen molar-refractivity contribution in [3.8, 4) is 17.2 Å². The standard InChI is InChI=1S/C49H62N2O3/c1-3-5-7-9-11-13-15-17-25-35-52-46-37-43-44(38-47(46)53-36-26-18-16-14-12-10-8-6-4-2)51-48-41-33-34-49(39-27-21-19-22-28-39,40-29-23-20-24-30-40)54-45(41)32-31-42(48)50-43/h19-24,27-34,37-38H,3-18,25-26,35-36H2,1-2H3. The lowest BCUT2D eigenvalue weighted by atomic mass is 9.83. The molecule has 0 radical (unpaired) electrons. The molecule has 6 rings (SSSR count). The summed E-state index contributed by atoms with van der Waals surface area (Å²) in [6, 6.07) is 29.0. The van der Waals surface area contributed by atoms with Crippen molar-refractivity contribution < 1.29 is 14.2 Å². The number of fused-ring (bicyclic) bond motifs is 4. The van der Waals surface area contributed by atoms with E-state index >= 15 is 0 Å². The second-order valence-electron chi connectivity index (χ2n) is 15.1. The zero-order valence-electron chi connectivity index (χ0n) is 33.0. The van der Waals surface area contributed by atoms with Crippen molar-refractivity contribution in [2.45, 2.75) is 135 Å². The molecule has 5 nitrogen and oxygen atoms in total. The molecule has 54 heavy (non-hydrogen) atoms. The number of benzene rings is 4. The van der Waals surface area contributed by atoms with Crippen LogP contribution in [0.5, 0.6) is 17.2 Å². The highest BCUT2D eigenvalue weighted by molar-refractivity contribution is 5.94. The Labute approximate surface area is 324 Å². The monoisotopic (exact) mass is 726 g/mol. The number of ether oxygens (including phenoxy) is 3. The SMILES string of the molecule is CCCCCCCCCCCOc1cc2nc3ccc4c(c3nc2cc1OCCCCCCCCCCC)C=CC(c1ccccc1)(c1ccccc1)O4. The third kappa shape index (κ3) is 10.4. The van der Waals surface area contributed by atoms with Gasteiger partial charge < -0.3 is 14.2 Å². The molecule has 0 unspecified atom stereocenters. The molecule has 0 amide bonds. The van der Waals surface area contributed by atoms with Crippen molar-refractivity contribution in [3.05, 3.63) is 108 Å². The van der Waals surface area contributed by atoms with Gasteiger partial charge in [0.15, 0.2) is 17.1 Å². The van der Waals surface area contributed by atoms with Crippen molar-refractivity contribution in [1.82, 2.24) is 9.97 Å². The summed E-state index contributed by atoms with van der Waals surface area (Å²) in [5.74, 6) is 2.31. The molecule has 0 bridgehead atoms. The second kappa shape index (κ2) is 20.9. The van der Waals surface area contributed by atoms with Gasteiger partial charge in [-0.1, -0.05) is 177 Å². The van der Waals surface area contributed by atoms with Crippen molar-refractivity contribution in [2.75, 3.05) is 13.2 Å². The Kier molecular flexibility index (Phi) is 15.2. The molecule has 2 heterocycles. The van der Waals surface area contributed by atoms with E-state index in [1.807, 2.05) is 36.4 Å². The summed E-state index contributed by atoms with van der Waals surface area (Å²) in [5, 5.41) is 0. The van der Waals surface area contributed by atoms with E-state index in [2.05, 4.69) is 74.5 Å². The third-order valence-electron chi connectivity index (χ3n) is 10.8. The summed E-state index contributed by atoms with van der Waals surface area (Å²) < 4.78 is 19.9. The molecule has 0 fully saturated rings. The first kappa shape index (κ1) is 39.3. The third-order valence-corrected chi connectivity index (χ3v) is 10.8. The summed E-state index contributed by atoms with van der Waals surface area (Å²) in [6.07, 6.45) is 27.4. The van der Waals surface area contributed by atoms with Crippen LogP contribution in [-0.4, -0.2) is 23.2 Å². The van der Waals surface area contributed by atoms with Gasteiger partial charge in [0.05, 0.1) is 29.8 Å². The topological polar surface area (TPSA) is 53.5 Å². The van der Waals surface area contributed by atoms with Crippen molar-refractivity contribution in [3.63, 3.8) is 0 Å². The zero-order chi connectivity index (χ0) is 37.3. The molecular formula is C49H62N2O3. The highest BCUT2D eigenvalue weighted by Gasteiger charge is 2.37. The molecule has 5 aromatic rings. The molecule has 0 N–H and O–H groups in total. The Bertz CT molecular complexity index is 1850. The van der Waals surface area contributed by atoms with Crippen LogP contribution in [0.2, 0.25) is 0 Å². The summed E-state index contributed by atoms with van der Waals surface area (Å²) in [7, 11) is 0.